The van der Waals surface area contributed by atoms with E-state index in [4.69, 9.17) is 14.5 Å². The molecule has 0 atom stereocenters. The Morgan fingerprint density at radius 1 is 1.03 bits per heavy atom. The summed E-state index contributed by atoms with van der Waals surface area (Å²) < 4.78 is 7.90. The number of aryl methyl sites for hydroxylation is 1. The molecular weight excluding hydrogens is 392 g/mol. The Morgan fingerprint density at radius 3 is 2.80 bits per heavy atom. The van der Waals surface area contributed by atoms with Crippen LogP contribution in [0.1, 0.15) is 11.1 Å². The molecule has 5 nitrogen and oxygen atoms in total. The van der Waals surface area contributed by atoms with E-state index in [2.05, 4.69) is 24.0 Å². The lowest BCUT2D eigenvalue weighted by molar-refractivity contribution is 0.622. The fourth-order valence-corrected chi connectivity index (χ4v) is 3.99. The molecule has 0 spiro atoms. The lowest BCUT2D eigenvalue weighted by Gasteiger charge is -2.01. The molecular formula is C24H18N4OS. The van der Waals surface area contributed by atoms with Crippen LogP contribution in [0.3, 0.4) is 0 Å². The van der Waals surface area contributed by atoms with Crippen LogP contribution in [0.25, 0.3) is 22.4 Å². The first kappa shape index (κ1) is 18.3. The summed E-state index contributed by atoms with van der Waals surface area (Å²) in [6.45, 7) is 2.06. The summed E-state index contributed by atoms with van der Waals surface area (Å²) in [5.41, 5.74) is 4.66. The second kappa shape index (κ2) is 7.93. The van der Waals surface area contributed by atoms with Crippen LogP contribution in [0.2, 0.25) is 0 Å². The van der Waals surface area contributed by atoms with Gasteiger partial charge in [-0.3, -0.25) is 4.98 Å². The molecule has 5 aromatic rings. The summed E-state index contributed by atoms with van der Waals surface area (Å²) in [4.78, 5) is 9.74. The molecule has 3 aromatic heterocycles. The van der Waals surface area contributed by atoms with Gasteiger partial charge < -0.3 is 4.42 Å². The van der Waals surface area contributed by atoms with Crippen molar-refractivity contribution in [1.82, 2.24) is 9.66 Å². The number of thiazole rings is 1. The Labute approximate surface area is 177 Å². The lowest BCUT2D eigenvalue weighted by atomic mass is 10.2. The summed E-state index contributed by atoms with van der Waals surface area (Å²) in [7, 11) is 0. The first-order chi connectivity index (χ1) is 14.8. The fraction of sp³-hybridized carbons (Fsp3) is 0.0417. The Kier molecular flexibility index (Phi) is 4.83. The van der Waals surface area contributed by atoms with Crippen molar-refractivity contribution >= 4 is 34.2 Å². The van der Waals surface area contributed by atoms with E-state index < -0.39 is 0 Å². The number of nitrogens with zero attached hydrogens (tertiary/aromatic N) is 4. The summed E-state index contributed by atoms with van der Waals surface area (Å²) in [5, 5.41) is 7.78. The molecule has 0 amide bonds. The zero-order valence-electron chi connectivity index (χ0n) is 16.3. The van der Waals surface area contributed by atoms with Gasteiger partial charge in [-0.05, 0) is 42.8 Å². The van der Waals surface area contributed by atoms with Crippen LogP contribution < -0.4 is 4.80 Å². The van der Waals surface area contributed by atoms with Crippen molar-refractivity contribution < 1.29 is 4.42 Å². The Morgan fingerprint density at radius 2 is 1.97 bits per heavy atom. The van der Waals surface area contributed by atoms with Crippen LogP contribution in [-0.4, -0.2) is 15.9 Å². The van der Waals surface area contributed by atoms with Gasteiger partial charge in [0.05, 0.1) is 11.9 Å². The molecule has 0 aliphatic heterocycles. The Bertz CT molecular complexity index is 1380. The number of furan rings is 1. The first-order valence-corrected chi connectivity index (χ1v) is 10.4. The zero-order valence-corrected chi connectivity index (χ0v) is 17.1. The van der Waals surface area contributed by atoms with Crippen molar-refractivity contribution in [2.45, 2.75) is 6.92 Å². The van der Waals surface area contributed by atoms with Crippen molar-refractivity contribution in [2.75, 3.05) is 0 Å². The quantitative estimate of drug-likeness (QED) is 0.353. The number of para-hydroxylation sites is 1. The van der Waals surface area contributed by atoms with Gasteiger partial charge in [0.25, 0.3) is 0 Å². The molecule has 0 fully saturated rings. The van der Waals surface area contributed by atoms with E-state index in [9.17, 15) is 0 Å². The molecule has 2 aromatic carbocycles. The largest absolute Gasteiger partial charge is 0.454 e. The number of rotatable bonds is 4. The van der Waals surface area contributed by atoms with Crippen LogP contribution in [0.15, 0.2) is 99.0 Å². The molecule has 0 unspecified atom stereocenters. The standard InChI is InChI=1S/C24H18N4OS/c1-17-6-4-9-20(12-17)27-24-28(26-15-18-7-5-11-25-14-18)21(16-30-24)23-13-19-8-2-3-10-22(19)29-23/h2-16H,1H3/b26-15-,27-24?. The number of aromatic nitrogens is 2. The molecule has 30 heavy (non-hydrogen) atoms. The fourth-order valence-electron chi connectivity index (χ4n) is 3.15. The monoisotopic (exact) mass is 410 g/mol. The molecule has 0 aliphatic carbocycles. The maximum Gasteiger partial charge on any atom is 0.211 e. The highest BCUT2D eigenvalue weighted by atomic mass is 32.1. The minimum absolute atomic E-state index is 0.751. The van der Waals surface area contributed by atoms with Gasteiger partial charge in [0.1, 0.15) is 11.3 Å². The molecule has 0 N–H and O–H groups in total. The number of pyridine rings is 1. The van der Waals surface area contributed by atoms with Gasteiger partial charge in [-0.15, -0.1) is 11.3 Å². The summed E-state index contributed by atoms with van der Waals surface area (Å²) >= 11 is 1.52. The van der Waals surface area contributed by atoms with Crippen LogP contribution in [0.4, 0.5) is 5.69 Å². The highest BCUT2D eigenvalue weighted by Crippen LogP contribution is 2.28. The molecule has 0 radical (unpaired) electrons. The van der Waals surface area contributed by atoms with Crippen LogP contribution in [0.5, 0.6) is 0 Å². The molecule has 0 saturated carbocycles. The molecule has 0 saturated heterocycles. The van der Waals surface area contributed by atoms with Crippen LogP contribution in [-0.2, 0) is 0 Å². The zero-order chi connectivity index (χ0) is 20.3. The second-order valence-electron chi connectivity index (χ2n) is 6.85. The number of benzene rings is 2. The van der Waals surface area contributed by atoms with Gasteiger partial charge in [0.2, 0.25) is 4.80 Å². The maximum atomic E-state index is 6.09. The van der Waals surface area contributed by atoms with E-state index in [1.807, 2.05) is 64.7 Å². The van der Waals surface area contributed by atoms with Gasteiger partial charge in [-0.2, -0.15) is 5.10 Å². The van der Waals surface area contributed by atoms with E-state index in [1.165, 1.54) is 11.3 Å². The van der Waals surface area contributed by atoms with Crippen molar-refractivity contribution in [3.63, 3.8) is 0 Å². The van der Waals surface area contributed by atoms with Gasteiger partial charge >= 0.3 is 0 Å². The smallest absolute Gasteiger partial charge is 0.211 e. The van der Waals surface area contributed by atoms with E-state index in [0.717, 1.165) is 44.0 Å². The normalized spacial score (nSPS) is 12.2. The van der Waals surface area contributed by atoms with E-state index in [1.54, 1.807) is 18.6 Å². The third kappa shape index (κ3) is 3.73. The second-order valence-corrected chi connectivity index (χ2v) is 7.68. The Hall–Kier alpha value is -3.77. The SMILES string of the molecule is Cc1cccc(N=c2scc(-c3cc4ccccc4o3)n2/N=C\c2cccnc2)c1. The first-order valence-electron chi connectivity index (χ1n) is 9.51. The highest BCUT2D eigenvalue weighted by Gasteiger charge is 2.13. The molecule has 5 rings (SSSR count). The Balaban J connectivity index is 1.67. The minimum Gasteiger partial charge on any atom is -0.454 e. The van der Waals surface area contributed by atoms with Gasteiger partial charge in [0, 0.05) is 28.7 Å². The predicted molar refractivity (Wildman–Crippen MR) is 121 cm³/mol. The number of hydrogen-bond donors (Lipinski definition) is 0. The third-order valence-electron chi connectivity index (χ3n) is 4.60. The van der Waals surface area contributed by atoms with Crippen molar-refractivity contribution in [2.24, 2.45) is 10.1 Å². The van der Waals surface area contributed by atoms with Gasteiger partial charge in [-0.25, -0.2) is 9.67 Å². The molecule has 0 bridgehead atoms. The summed E-state index contributed by atoms with van der Waals surface area (Å²) in [5.74, 6) is 0.751. The lowest BCUT2D eigenvalue weighted by Crippen LogP contribution is -2.11. The van der Waals surface area contributed by atoms with Crippen LogP contribution >= 0.6 is 11.3 Å². The maximum absolute atomic E-state index is 6.09. The molecule has 146 valence electrons. The predicted octanol–water partition coefficient (Wildman–Crippen LogP) is 5.78. The van der Waals surface area contributed by atoms with Crippen molar-refractivity contribution in [1.29, 1.82) is 0 Å². The molecule has 6 heteroatoms. The van der Waals surface area contributed by atoms with Crippen LogP contribution in [0, 0.1) is 6.92 Å². The highest BCUT2D eigenvalue weighted by molar-refractivity contribution is 7.07. The summed E-state index contributed by atoms with van der Waals surface area (Å²) in [6, 6.07) is 22.0. The van der Waals surface area contributed by atoms with Crippen molar-refractivity contribution in [3.05, 3.63) is 100 Å². The molecule has 3 heterocycles. The van der Waals surface area contributed by atoms with E-state index in [-0.39, 0.29) is 0 Å². The number of fused-ring (bicyclic) bond motifs is 1. The number of hydrogen-bond acceptors (Lipinski definition) is 5. The third-order valence-corrected chi connectivity index (χ3v) is 5.41. The van der Waals surface area contributed by atoms with Crippen molar-refractivity contribution in [3.8, 4) is 11.5 Å². The summed E-state index contributed by atoms with van der Waals surface area (Å²) in [6.07, 6.45) is 5.29. The molecule has 0 aliphatic rings. The van der Waals surface area contributed by atoms with Gasteiger partial charge in [-0.1, -0.05) is 36.4 Å². The minimum atomic E-state index is 0.751. The van der Waals surface area contributed by atoms with Gasteiger partial charge in [0.15, 0.2) is 5.76 Å². The average molecular weight is 411 g/mol. The topological polar surface area (TPSA) is 55.7 Å². The van der Waals surface area contributed by atoms with E-state index in [0.29, 0.717) is 0 Å². The average Bonchev–Trinajstić information content (AvgIpc) is 3.37. The van der Waals surface area contributed by atoms with E-state index >= 15 is 0 Å².